The van der Waals surface area contributed by atoms with E-state index in [9.17, 15) is 0 Å². The summed E-state index contributed by atoms with van der Waals surface area (Å²) < 4.78 is 2.32. The van der Waals surface area contributed by atoms with Crippen LogP contribution in [-0.2, 0) is 7.05 Å². The molecule has 1 unspecified atom stereocenters. The molecule has 1 aliphatic heterocycles. The van der Waals surface area contributed by atoms with Crippen LogP contribution in [0.1, 0.15) is 36.6 Å². The van der Waals surface area contributed by atoms with E-state index in [1.807, 2.05) is 6.07 Å². The van der Waals surface area contributed by atoms with E-state index in [0.29, 0.717) is 6.04 Å². The summed E-state index contributed by atoms with van der Waals surface area (Å²) in [6.07, 6.45) is 3.85. The van der Waals surface area contributed by atoms with Crippen LogP contribution in [0, 0.1) is 6.92 Å². The lowest BCUT2D eigenvalue weighted by molar-refractivity contribution is 0.398. The van der Waals surface area contributed by atoms with Crippen LogP contribution in [0.4, 0.5) is 0 Å². The van der Waals surface area contributed by atoms with Crippen LogP contribution in [0.15, 0.2) is 18.2 Å². The SMILES string of the molecule is Cc1c(C2CCCCN2)n(C)c2ccc(Cl)cc12. The normalized spacial score (nSPS) is 20.5. The molecule has 1 aromatic carbocycles. The number of nitrogens with one attached hydrogen (secondary N) is 1. The maximum absolute atomic E-state index is 6.11. The zero-order chi connectivity index (χ0) is 12.7. The molecule has 2 aromatic rings. The van der Waals surface area contributed by atoms with Gasteiger partial charge >= 0.3 is 0 Å². The van der Waals surface area contributed by atoms with Crippen molar-refractivity contribution in [2.24, 2.45) is 7.05 Å². The van der Waals surface area contributed by atoms with Gasteiger partial charge in [0, 0.05) is 34.7 Å². The third kappa shape index (κ3) is 1.84. The summed E-state index contributed by atoms with van der Waals surface area (Å²) in [4.78, 5) is 0. The number of nitrogens with zero attached hydrogens (tertiary/aromatic N) is 1. The van der Waals surface area contributed by atoms with Crippen LogP contribution in [0.3, 0.4) is 0 Å². The average Bonchev–Trinajstić information content (AvgIpc) is 2.63. The molecule has 2 heterocycles. The van der Waals surface area contributed by atoms with E-state index in [1.165, 1.54) is 41.4 Å². The Kier molecular flexibility index (Phi) is 3.08. The summed E-state index contributed by atoms with van der Waals surface area (Å²) in [6.45, 7) is 3.34. The van der Waals surface area contributed by atoms with Crippen molar-refractivity contribution < 1.29 is 0 Å². The van der Waals surface area contributed by atoms with Gasteiger partial charge in [-0.3, -0.25) is 0 Å². The van der Waals surface area contributed by atoms with Crippen LogP contribution in [0.25, 0.3) is 10.9 Å². The van der Waals surface area contributed by atoms with E-state index in [4.69, 9.17) is 11.6 Å². The maximum atomic E-state index is 6.11. The molecule has 0 spiro atoms. The number of aryl methyl sites for hydroxylation is 2. The highest BCUT2D eigenvalue weighted by atomic mass is 35.5. The monoisotopic (exact) mass is 262 g/mol. The minimum absolute atomic E-state index is 0.495. The van der Waals surface area contributed by atoms with E-state index >= 15 is 0 Å². The molecule has 3 heteroatoms. The van der Waals surface area contributed by atoms with Gasteiger partial charge in [-0.15, -0.1) is 0 Å². The van der Waals surface area contributed by atoms with Gasteiger partial charge in [0.25, 0.3) is 0 Å². The van der Waals surface area contributed by atoms with Gasteiger partial charge in [0.15, 0.2) is 0 Å². The van der Waals surface area contributed by atoms with Crippen molar-refractivity contribution in [2.75, 3.05) is 6.54 Å². The first-order valence-corrected chi connectivity index (χ1v) is 7.04. The lowest BCUT2D eigenvalue weighted by Gasteiger charge is -2.25. The number of benzene rings is 1. The highest BCUT2D eigenvalue weighted by Gasteiger charge is 2.22. The fourth-order valence-corrected chi connectivity index (χ4v) is 3.37. The Bertz CT molecular complexity index is 580. The Morgan fingerprint density at radius 2 is 2.17 bits per heavy atom. The van der Waals surface area contributed by atoms with Crippen LogP contribution in [0.2, 0.25) is 5.02 Å². The van der Waals surface area contributed by atoms with Crippen molar-refractivity contribution in [3.8, 4) is 0 Å². The molecule has 18 heavy (non-hydrogen) atoms. The first kappa shape index (κ1) is 12.1. The molecule has 0 radical (unpaired) electrons. The van der Waals surface area contributed by atoms with Crippen LogP contribution in [0.5, 0.6) is 0 Å². The van der Waals surface area contributed by atoms with Gasteiger partial charge in [-0.05, 0) is 50.1 Å². The molecule has 1 saturated heterocycles. The van der Waals surface area contributed by atoms with Gasteiger partial charge in [0.1, 0.15) is 0 Å². The molecular weight excluding hydrogens is 244 g/mol. The molecule has 0 amide bonds. The quantitative estimate of drug-likeness (QED) is 0.823. The minimum Gasteiger partial charge on any atom is -0.346 e. The Morgan fingerprint density at radius 1 is 1.33 bits per heavy atom. The van der Waals surface area contributed by atoms with E-state index in [-0.39, 0.29) is 0 Å². The van der Waals surface area contributed by atoms with Gasteiger partial charge in [-0.2, -0.15) is 0 Å². The van der Waals surface area contributed by atoms with Gasteiger partial charge in [0.2, 0.25) is 0 Å². The highest BCUT2D eigenvalue weighted by Crippen LogP contribution is 2.33. The van der Waals surface area contributed by atoms with Gasteiger partial charge in [0.05, 0.1) is 0 Å². The zero-order valence-corrected chi connectivity index (χ0v) is 11.7. The van der Waals surface area contributed by atoms with E-state index in [0.717, 1.165) is 11.6 Å². The molecule has 1 fully saturated rings. The average molecular weight is 263 g/mol. The van der Waals surface area contributed by atoms with Crippen molar-refractivity contribution in [1.82, 2.24) is 9.88 Å². The standard InChI is InChI=1S/C15H19ClN2/c1-10-12-9-11(16)6-7-14(12)18(2)15(10)13-5-3-4-8-17-13/h6-7,9,13,17H,3-5,8H2,1-2H3. The van der Waals surface area contributed by atoms with Crippen molar-refractivity contribution in [2.45, 2.75) is 32.2 Å². The molecule has 0 aliphatic carbocycles. The molecule has 2 nitrogen and oxygen atoms in total. The molecule has 1 atom stereocenters. The third-order valence-corrected chi connectivity index (χ3v) is 4.35. The Labute approximate surface area is 113 Å². The predicted octanol–water partition coefficient (Wildman–Crippen LogP) is 3.95. The summed E-state index contributed by atoms with van der Waals surface area (Å²) in [5.41, 5.74) is 4.07. The Balaban J connectivity index is 2.16. The van der Waals surface area contributed by atoms with Crippen molar-refractivity contribution >= 4 is 22.5 Å². The second-order valence-corrected chi connectivity index (χ2v) is 5.67. The minimum atomic E-state index is 0.495. The second kappa shape index (κ2) is 4.60. The lowest BCUT2D eigenvalue weighted by atomic mass is 9.99. The van der Waals surface area contributed by atoms with Crippen LogP contribution in [-0.4, -0.2) is 11.1 Å². The number of halogens is 1. The van der Waals surface area contributed by atoms with Crippen molar-refractivity contribution in [1.29, 1.82) is 0 Å². The number of rotatable bonds is 1. The molecule has 0 saturated carbocycles. The highest BCUT2D eigenvalue weighted by molar-refractivity contribution is 6.31. The van der Waals surface area contributed by atoms with Gasteiger partial charge in [-0.25, -0.2) is 0 Å². The molecule has 96 valence electrons. The number of aromatic nitrogens is 1. The van der Waals surface area contributed by atoms with E-state index in [1.54, 1.807) is 0 Å². The van der Waals surface area contributed by atoms with Crippen molar-refractivity contribution in [3.05, 3.63) is 34.5 Å². The smallest absolute Gasteiger partial charge is 0.0484 e. The van der Waals surface area contributed by atoms with Gasteiger partial charge < -0.3 is 9.88 Å². The molecule has 0 bridgehead atoms. The second-order valence-electron chi connectivity index (χ2n) is 5.23. The number of fused-ring (bicyclic) bond motifs is 1. The largest absolute Gasteiger partial charge is 0.346 e. The summed E-state index contributed by atoms with van der Waals surface area (Å²) in [5.74, 6) is 0. The number of hydrogen-bond acceptors (Lipinski definition) is 1. The molecule has 3 rings (SSSR count). The summed E-state index contributed by atoms with van der Waals surface area (Å²) in [6, 6.07) is 6.67. The summed E-state index contributed by atoms with van der Waals surface area (Å²) in [7, 11) is 2.16. The van der Waals surface area contributed by atoms with E-state index in [2.05, 4.69) is 36.0 Å². The summed E-state index contributed by atoms with van der Waals surface area (Å²) in [5, 5.41) is 5.74. The van der Waals surface area contributed by atoms with Crippen LogP contribution < -0.4 is 5.32 Å². The predicted molar refractivity (Wildman–Crippen MR) is 77.3 cm³/mol. The van der Waals surface area contributed by atoms with Crippen molar-refractivity contribution in [3.63, 3.8) is 0 Å². The van der Waals surface area contributed by atoms with Gasteiger partial charge in [-0.1, -0.05) is 18.0 Å². The maximum Gasteiger partial charge on any atom is 0.0484 e. The fraction of sp³-hybridized carbons (Fsp3) is 0.467. The number of hydrogen-bond donors (Lipinski definition) is 1. The Hall–Kier alpha value is -0.990. The Morgan fingerprint density at radius 3 is 2.89 bits per heavy atom. The lowest BCUT2D eigenvalue weighted by Crippen LogP contribution is -2.28. The molecule has 1 N–H and O–H groups in total. The first-order chi connectivity index (χ1) is 8.68. The zero-order valence-electron chi connectivity index (χ0n) is 11.0. The fourth-order valence-electron chi connectivity index (χ4n) is 3.20. The summed E-state index contributed by atoms with van der Waals surface area (Å²) >= 11 is 6.11. The molecular formula is C15H19ClN2. The van der Waals surface area contributed by atoms with Crippen LogP contribution >= 0.6 is 11.6 Å². The molecule has 1 aromatic heterocycles. The van der Waals surface area contributed by atoms with E-state index < -0.39 is 0 Å². The molecule has 1 aliphatic rings. The third-order valence-electron chi connectivity index (χ3n) is 4.11. The first-order valence-electron chi connectivity index (χ1n) is 6.66. The topological polar surface area (TPSA) is 17.0 Å². The number of piperidine rings is 1.